The van der Waals surface area contributed by atoms with Crippen LogP contribution in [0.1, 0.15) is 25.7 Å². The molecule has 2 N–H and O–H groups in total. The molecule has 1 fully saturated rings. The number of aliphatic carboxylic acids is 1. The van der Waals surface area contributed by atoms with E-state index in [0.29, 0.717) is 23.4 Å². The number of rotatable bonds is 3. The largest absolute Gasteiger partial charge is 0.481 e. The zero-order valence-electron chi connectivity index (χ0n) is 10.5. The van der Waals surface area contributed by atoms with E-state index in [0.717, 1.165) is 12.8 Å². The molecular formula is C14H17NO3S. The van der Waals surface area contributed by atoms with E-state index < -0.39 is 17.8 Å². The van der Waals surface area contributed by atoms with Crippen molar-refractivity contribution in [3.05, 3.63) is 24.3 Å². The first-order chi connectivity index (χ1) is 9.09. The molecule has 1 aliphatic rings. The molecule has 2 rings (SSSR count). The Kier molecular flexibility index (Phi) is 4.47. The molecule has 0 aromatic heterocycles. The number of carbonyl (C=O) groups is 2. The number of amides is 1. The minimum atomic E-state index is -0.876. The molecule has 19 heavy (non-hydrogen) atoms. The summed E-state index contributed by atoms with van der Waals surface area (Å²) in [4.78, 5) is 24.1. The number of hydrogen-bond acceptors (Lipinski definition) is 3. The summed E-state index contributed by atoms with van der Waals surface area (Å²) in [6.07, 6.45) is 3.00. The average Bonchev–Trinajstić information content (AvgIpc) is 2.41. The van der Waals surface area contributed by atoms with Gasteiger partial charge in [-0.25, -0.2) is 0 Å². The van der Waals surface area contributed by atoms with Gasteiger partial charge in [0.25, 0.3) is 0 Å². The van der Waals surface area contributed by atoms with Crippen LogP contribution in [0.4, 0.5) is 5.69 Å². The molecule has 0 aliphatic heterocycles. The molecule has 1 aromatic rings. The van der Waals surface area contributed by atoms with Crippen molar-refractivity contribution in [3.8, 4) is 0 Å². The first-order valence-corrected chi connectivity index (χ1v) is 6.86. The smallest absolute Gasteiger partial charge is 0.307 e. The van der Waals surface area contributed by atoms with E-state index in [1.807, 2.05) is 12.1 Å². The zero-order valence-corrected chi connectivity index (χ0v) is 11.4. The normalized spacial score (nSPS) is 22.8. The highest BCUT2D eigenvalue weighted by molar-refractivity contribution is 7.80. The zero-order chi connectivity index (χ0) is 13.8. The van der Waals surface area contributed by atoms with Gasteiger partial charge in [0.1, 0.15) is 0 Å². The highest BCUT2D eigenvalue weighted by atomic mass is 32.1. The second-order valence-electron chi connectivity index (χ2n) is 4.84. The molecule has 0 bridgehead atoms. The van der Waals surface area contributed by atoms with Crippen LogP contribution in [0.2, 0.25) is 0 Å². The van der Waals surface area contributed by atoms with Crippen LogP contribution >= 0.6 is 12.6 Å². The van der Waals surface area contributed by atoms with Crippen LogP contribution in [0.25, 0.3) is 0 Å². The highest BCUT2D eigenvalue weighted by Gasteiger charge is 2.35. The van der Waals surface area contributed by atoms with Crippen molar-refractivity contribution in [3.63, 3.8) is 0 Å². The molecule has 0 saturated heterocycles. The first kappa shape index (κ1) is 13.9. The van der Waals surface area contributed by atoms with Crippen molar-refractivity contribution in [1.82, 2.24) is 0 Å². The minimum absolute atomic E-state index is 0.214. The Bertz CT molecular complexity index is 489. The third kappa shape index (κ3) is 3.29. The molecule has 5 heteroatoms. The predicted octanol–water partition coefficient (Wildman–Crippen LogP) is 2.80. The number of thiol groups is 1. The molecule has 0 spiro atoms. The highest BCUT2D eigenvalue weighted by Crippen LogP contribution is 2.31. The van der Waals surface area contributed by atoms with Crippen LogP contribution in [0.3, 0.4) is 0 Å². The molecule has 1 aromatic carbocycles. The first-order valence-electron chi connectivity index (χ1n) is 6.41. The molecule has 0 heterocycles. The van der Waals surface area contributed by atoms with Crippen molar-refractivity contribution >= 4 is 30.2 Å². The van der Waals surface area contributed by atoms with Gasteiger partial charge < -0.3 is 10.4 Å². The van der Waals surface area contributed by atoms with Crippen molar-refractivity contribution in [1.29, 1.82) is 0 Å². The van der Waals surface area contributed by atoms with Gasteiger partial charge in [0.05, 0.1) is 17.5 Å². The average molecular weight is 279 g/mol. The Morgan fingerprint density at radius 3 is 2.42 bits per heavy atom. The number of carboxylic acids is 1. The predicted molar refractivity (Wildman–Crippen MR) is 75.4 cm³/mol. The van der Waals surface area contributed by atoms with Gasteiger partial charge in [-0.1, -0.05) is 25.0 Å². The summed E-state index contributed by atoms with van der Waals surface area (Å²) in [5, 5.41) is 12.0. The Balaban J connectivity index is 2.10. The van der Waals surface area contributed by atoms with E-state index in [1.165, 1.54) is 0 Å². The van der Waals surface area contributed by atoms with Crippen LogP contribution in [0.15, 0.2) is 29.2 Å². The van der Waals surface area contributed by atoms with Crippen molar-refractivity contribution in [2.45, 2.75) is 30.6 Å². The van der Waals surface area contributed by atoms with Gasteiger partial charge in [0, 0.05) is 4.90 Å². The van der Waals surface area contributed by atoms with E-state index in [9.17, 15) is 14.7 Å². The van der Waals surface area contributed by atoms with Gasteiger partial charge in [-0.05, 0) is 25.0 Å². The lowest BCUT2D eigenvalue weighted by Gasteiger charge is -2.27. The number of carboxylic acid groups (broad SMARTS) is 1. The van der Waals surface area contributed by atoms with Crippen LogP contribution in [-0.4, -0.2) is 17.0 Å². The van der Waals surface area contributed by atoms with Crippen LogP contribution < -0.4 is 5.32 Å². The van der Waals surface area contributed by atoms with Crippen LogP contribution in [0.5, 0.6) is 0 Å². The fourth-order valence-corrected chi connectivity index (χ4v) is 2.76. The lowest BCUT2D eigenvalue weighted by Crippen LogP contribution is -2.36. The molecule has 0 radical (unpaired) electrons. The van der Waals surface area contributed by atoms with Gasteiger partial charge in [0.2, 0.25) is 5.91 Å². The summed E-state index contributed by atoms with van der Waals surface area (Å²) in [6, 6.07) is 7.19. The fraction of sp³-hybridized carbons (Fsp3) is 0.429. The lowest BCUT2D eigenvalue weighted by molar-refractivity contribution is -0.147. The van der Waals surface area contributed by atoms with Crippen molar-refractivity contribution in [2.24, 2.45) is 11.8 Å². The summed E-state index contributed by atoms with van der Waals surface area (Å²) in [5.41, 5.74) is 0.630. The van der Waals surface area contributed by atoms with E-state index in [-0.39, 0.29) is 5.91 Å². The van der Waals surface area contributed by atoms with Gasteiger partial charge in [-0.2, -0.15) is 0 Å². The minimum Gasteiger partial charge on any atom is -0.481 e. The monoisotopic (exact) mass is 279 g/mol. The Morgan fingerprint density at radius 1 is 1.16 bits per heavy atom. The number of carbonyl (C=O) groups excluding carboxylic acids is 1. The third-order valence-electron chi connectivity index (χ3n) is 3.58. The molecule has 4 nitrogen and oxygen atoms in total. The second-order valence-corrected chi connectivity index (χ2v) is 5.32. The van der Waals surface area contributed by atoms with Gasteiger partial charge >= 0.3 is 5.97 Å². The molecule has 2 atom stereocenters. The van der Waals surface area contributed by atoms with Crippen LogP contribution in [0, 0.1) is 11.8 Å². The molecule has 2 unspecified atom stereocenters. The van der Waals surface area contributed by atoms with Crippen molar-refractivity contribution < 1.29 is 14.7 Å². The third-order valence-corrected chi connectivity index (χ3v) is 3.97. The molecule has 102 valence electrons. The summed E-state index contributed by atoms with van der Waals surface area (Å²) in [6.45, 7) is 0. The van der Waals surface area contributed by atoms with Gasteiger partial charge in [0.15, 0.2) is 0 Å². The maximum absolute atomic E-state index is 12.2. The second kappa shape index (κ2) is 6.10. The SMILES string of the molecule is O=C(O)C1CCCCC1C(=O)Nc1ccccc1S. The number of para-hydroxylation sites is 1. The van der Waals surface area contributed by atoms with Gasteiger partial charge in [-0.3, -0.25) is 9.59 Å². The summed E-state index contributed by atoms with van der Waals surface area (Å²) in [5.74, 6) is -2.10. The lowest BCUT2D eigenvalue weighted by atomic mass is 9.78. The van der Waals surface area contributed by atoms with Crippen molar-refractivity contribution in [2.75, 3.05) is 5.32 Å². The van der Waals surface area contributed by atoms with E-state index in [4.69, 9.17) is 0 Å². The fourth-order valence-electron chi connectivity index (χ4n) is 2.55. The van der Waals surface area contributed by atoms with Gasteiger partial charge in [-0.15, -0.1) is 12.6 Å². The molecular weight excluding hydrogens is 262 g/mol. The number of anilines is 1. The number of hydrogen-bond donors (Lipinski definition) is 3. The van der Waals surface area contributed by atoms with E-state index in [1.54, 1.807) is 12.1 Å². The summed E-state index contributed by atoms with van der Waals surface area (Å²) in [7, 11) is 0. The topological polar surface area (TPSA) is 66.4 Å². The van der Waals surface area contributed by atoms with Crippen LogP contribution in [-0.2, 0) is 9.59 Å². The number of benzene rings is 1. The standard InChI is InChI=1S/C14H17NO3S/c16-13(15-11-7-3-4-8-12(11)19)9-5-1-2-6-10(9)14(17)18/h3-4,7-10,19H,1-2,5-6H2,(H,15,16)(H,17,18). The Hall–Kier alpha value is -1.49. The summed E-state index contributed by atoms with van der Waals surface area (Å²) < 4.78 is 0. The number of nitrogens with one attached hydrogen (secondary N) is 1. The van der Waals surface area contributed by atoms with E-state index >= 15 is 0 Å². The Morgan fingerprint density at radius 2 is 1.79 bits per heavy atom. The summed E-state index contributed by atoms with van der Waals surface area (Å²) >= 11 is 4.27. The quantitative estimate of drug-likeness (QED) is 0.745. The Labute approximate surface area is 117 Å². The molecule has 1 amide bonds. The molecule has 1 saturated carbocycles. The van der Waals surface area contributed by atoms with E-state index in [2.05, 4.69) is 17.9 Å². The maximum atomic E-state index is 12.2. The molecule has 1 aliphatic carbocycles. The maximum Gasteiger partial charge on any atom is 0.307 e.